The van der Waals surface area contributed by atoms with Crippen molar-refractivity contribution in [3.05, 3.63) is 69.7 Å². The van der Waals surface area contributed by atoms with Crippen molar-refractivity contribution in [2.75, 3.05) is 27.4 Å². The number of sulfonamides is 1. The van der Waals surface area contributed by atoms with Crippen LogP contribution < -0.4 is 9.47 Å². The van der Waals surface area contributed by atoms with Crippen LogP contribution in [0.2, 0.25) is 0 Å². The Morgan fingerprint density at radius 2 is 1.73 bits per heavy atom. The Hall–Kier alpha value is -2.46. The van der Waals surface area contributed by atoms with E-state index in [1.165, 1.54) is 26.8 Å². The van der Waals surface area contributed by atoms with Gasteiger partial charge in [0.15, 0.2) is 0 Å². The van der Waals surface area contributed by atoms with Crippen molar-refractivity contribution in [3.63, 3.8) is 0 Å². The summed E-state index contributed by atoms with van der Waals surface area (Å²) in [5.74, 6) is 1.39. The molecule has 9 heteroatoms. The van der Waals surface area contributed by atoms with E-state index in [0.29, 0.717) is 37.6 Å². The summed E-state index contributed by atoms with van der Waals surface area (Å²) in [6.07, 6.45) is 0.582. The number of ether oxygens (including phenoxy) is 3. The van der Waals surface area contributed by atoms with Crippen molar-refractivity contribution >= 4 is 21.4 Å². The van der Waals surface area contributed by atoms with Gasteiger partial charge in [-0.3, -0.25) is 0 Å². The van der Waals surface area contributed by atoms with Gasteiger partial charge in [0.25, 0.3) is 0 Å². The molecule has 0 saturated heterocycles. The first-order valence-electron chi connectivity index (χ1n) is 10.6. The van der Waals surface area contributed by atoms with Gasteiger partial charge in [0, 0.05) is 25.6 Å². The first kappa shape index (κ1) is 25.2. The molecule has 0 amide bonds. The largest absolute Gasteiger partial charge is 0.497 e. The maximum Gasteiger partial charge on any atom is 0.243 e. The second-order valence-electron chi connectivity index (χ2n) is 7.63. The van der Waals surface area contributed by atoms with E-state index in [9.17, 15) is 8.42 Å². The molecule has 3 aromatic rings. The fourth-order valence-electron chi connectivity index (χ4n) is 3.18. The molecular formula is C24H30N2O5S2. The molecule has 0 fully saturated rings. The van der Waals surface area contributed by atoms with Gasteiger partial charge in [-0.2, -0.15) is 4.31 Å². The van der Waals surface area contributed by atoms with Gasteiger partial charge in [0.1, 0.15) is 23.1 Å². The van der Waals surface area contributed by atoms with Crippen LogP contribution in [0, 0.1) is 13.8 Å². The monoisotopic (exact) mass is 490 g/mol. The number of hydrogen-bond donors (Lipinski definition) is 0. The maximum atomic E-state index is 13.3. The van der Waals surface area contributed by atoms with Crippen molar-refractivity contribution in [2.24, 2.45) is 0 Å². The van der Waals surface area contributed by atoms with Gasteiger partial charge in [-0.1, -0.05) is 6.07 Å². The summed E-state index contributed by atoms with van der Waals surface area (Å²) in [7, 11) is -0.556. The van der Waals surface area contributed by atoms with E-state index in [4.69, 9.17) is 14.2 Å². The molecule has 33 heavy (non-hydrogen) atoms. The summed E-state index contributed by atoms with van der Waals surface area (Å²) in [6.45, 7) is 5.42. The van der Waals surface area contributed by atoms with Crippen LogP contribution in [0.25, 0.3) is 0 Å². The van der Waals surface area contributed by atoms with Gasteiger partial charge >= 0.3 is 0 Å². The molecule has 0 aliphatic heterocycles. The van der Waals surface area contributed by atoms with Crippen LogP contribution in [0.4, 0.5) is 0 Å². The van der Waals surface area contributed by atoms with E-state index in [-0.39, 0.29) is 11.4 Å². The Labute approximate surface area is 200 Å². The molecule has 0 aliphatic rings. The number of aromatic nitrogens is 1. The minimum atomic E-state index is -3.70. The highest BCUT2D eigenvalue weighted by atomic mass is 32.2. The molecule has 3 rings (SSSR count). The predicted octanol–water partition coefficient (Wildman–Crippen LogP) is 4.57. The van der Waals surface area contributed by atoms with Crippen LogP contribution in [0.3, 0.4) is 0 Å². The van der Waals surface area contributed by atoms with Crippen molar-refractivity contribution in [1.29, 1.82) is 0 Å². The van der Waals surface area contributed by atoms with Gasteiger partial charge in [-0.25, -0.2) is 13.4 Å². The zero-order valence-electron chi connectivity index (χ0n) is 19.4. The Bertz CT molecular complexity index is 1140. The Morgan fingerprint density at radius 1 is 1.00 bits per heavy atom. The van der Waals surface area contributed by atoms with Crippen molar-refractivity contribution in [3.8, 4) is 11.5 Å². The van der Waals surface area contributed by atoms with E-state index in [1.807, 2.05) is 30.5 Å². The first-order valence-corrected chi connectivity index (χ1v) is 12.9. The second kappa shape index (κ2) is 11.6. The predicted molar refractivity (Wildman–Crippen MR) is 129 cm³/mol. The summed E-state index contributed by atoms with van der Waals surface area (Å²) < 4.78 is 44.2. The standard InChI is InChI=1S/C24H30N2O5S2/c1-18-6-7-22(14-19(18)2)31-16-24-25-20(17-32-24)15-26(12-5-13-29-3)33(27,28)23-10-8-21(30-4)9-11-23/h6-11,14,17H,5,12-13,15-16H2,1-4H3. The van der Waals surface area contributed by atoms with Gasteiger partial charge in [0.2, 0.25) is 10.0 Å². The number of aryl methyl sites for hydroxylation is 2. The fourth-order valence-corrected chi connectivity index (χ4v) is 5.33. The molecule has 7 nitrogen and oxygen atoms in total. The molecule has 0 N–H and O–H groups in total. The molecule has 0 spiro atoms. The zero-order chi connectivity index (χ0) is 23.8. The highest BCUT2D eigenvalue weighted by Crippen LogP contribution is 2.23. The first-order chi connectivity index (χ1) is 15.8. The molecule has 0 saturated carbocycles. The number of nitrogens with zero attached hydrogens (tertiary/aromatic N) is 2. The Balaban J connectivity index is 1.71. The van der Waals surface area contributed by atoms with Gasteiger partial charge in [0.05, 0.1) is 24.2 Å². The molecule has 0 atom stereocenters. The minimum absolute atomic E-state index is 0.179. The lowest BCUT2D eigenvalue weighted by Gasteiger charge is -2.21. The van der Waals surface area contributed by atoms with E-state index in [2.05, 4.69) is 11.9 Å². The molecule has 0 bridgehead atoms. The lowest BCUT2D eigenvalue weighted by Crippen LogP contribution is -2.32. The van der Waals surface area contributed by atoms with Crippen LogP contribution >= 0.6 is 11.3 Å². The number of thiazole rings is 1. The summed E-state index contributed by atoms with van der Waals surface area (Å²) in [5, 5.41) is 2.67. The van der Waals surface area contributed by atoms with E-state index >= 15 is 0 Å². The molecule has 0 aliphatic carbocycles. The summed E-state index contributed by atoms with van der Waals surface area (Å²) >= 11 is 1.46. The average Bonchev–Trinajstić information content (AvgIpc) is 3.26. The summed E-state index contributed by atoms with van der Waals surface area (Å²) in [4.78, 5) is 4.82. The quantitative estimate of drug-likeness (QED) is 0.346. The number of hydrogen-bond acceptors (Lipinski definition) is 7. The van der Waals surface area contributed by atoms with Crippen LogP contribution in [-0.4, -0.2) is 45.1 Å². The number of rotatable bonds is 12. The van der Waals surface area contributed by atoms with Crippen LogP contribution in [-0.2, 0) is 27.9 Å². The molecule has 1 heterocycles. The van der Waals surface area contributed by atoms with Crippen LogP contribution in [0.5, 0.6) is 11.5 Å². The molecule has 0 unspecified atom stereocenters. The second-order valence-corrected chi connectivity index (χ2v) is 10.5. The average molecular weight is 491 g/mol. The van der Waals surface area contributed by atoms with Crippen LogP contribution in [0.1, 0.15) is 28.2 Å². The molecule has 0 radical (unpaired) electrons. The Kier molecular flexibility index (Phi) is 8.85. The van der Waals surface area contributed by atoms with Gasteiger partial charge in [-0.15, -0.1) is 11.3 Å². The van der Waals surface area contributed by atoms with E-state index < -0.39 is 10.0 Å². The van der Waals surface area contributed by atoms with Crippen molar-refractivity contribution in [2.45, 2.75) is 38.3 Å². The lowest BCUT2D eigenvalue weighted by atomic mass is 10.1. The van der Waals surface area contributed by atoms with Crippen LogP contribution in [0.15, 0.2) is 52.7 Å². The Morgan fingerprint density at radius 3 is 2.39 bits per heavy atom. The highest BCUT2D eigenvalue weighted by Gasteiger charge is 2.25. The van der Waals surface area contributed by atoms with Crippen molar-refractivity contribution < 1.29 is 22.6 Å². The fraction of sp³-hybridized carbons (Fsp3) is 0.375. The smallest absolute Gasteiger partial charge is 0.243 e. The highest BCUT2D eigenvalue weighted by molar-refractivity contribution is 7.89. The minimum Gasteiger partial charge on any atom is -0.497 e. The number of methoxy groups -OCH3 is 2. The van der Waals surface area contributed by atoms with Gasteiger partial charge in [-0.05, 0) is 67.8 Å². The normalized spacial score (nSPS) is 11.7. The third-order valence-corrected chi connectivity index (χ3v) is 7.96. The topological polar surface area (TPSA) is 78.0 Å². The molecule has 1 aromatic heterocycles. The van der Waals surface area contributed by atoms with Crippen molar-refractivity contribution in [1.82, 2.24) is 9.29 Å². The van der Waals surface area contributed by atoms with E-state index in [0.717, 1.165) is 10.8 Å². The lowest BCUT2D eigenvalue weighted by molar-refractivity contribution is 0.186. The molecular weight excluding hydrogens is 460 g/mol. The SMILES string of the molecule is COCCCN(Cc1csc(COc2ccc(C)c(C)c2)n1)S(=O)(=O)c1ccc(OC)cc1. The number of benzene rings is 2. The van der Waals surface area contributed by atoms with E-state index in [1.54, 1.807) is 38.5 Å². The zero-order valence-corrected chi connectivity index (χ0v) is 21.0. The maximum absolute atomic E-state index is 13.3. The third-order valence-electron chi connectivity index (χ3n) is 5.23. The molecule has 2 aromatic carbocycles. The molecule has 178 valence electrons. The van der Waals surface area contributed by atoms with Gasteiger partial charge < -0.3 is 14.2 Å². The third kappa shape index (κ3) is 6.77. The summed E-state index contributed by atoms with van der Waals surface area (Å²) in [5.41, 5.74) is 3.07. The summed E-state index contributed by atoms with van der Waals surface area (Å²) in [6, 6.07) is 12.4.